The van der Waals surface area contributed by atoms with Crippen molar-refractivity contribution in [3.05, 3.63) is 0 Å². The standard InChI is InChI=1S/C11H23NO/c1-3-4-5-8-11(2,9-13)12-10-6-7-10/h10,12-13H,3-9H2,1-2H3. The maximum Gasteiger partial charge on any atom is 0.0610 e. The van der Waals surface area contributed by atoms with E-state index in [0.717, 1.165) is 6.42 Å². The van der Waals surface area contributed by atoms with Crippen LogP contribution in [0.4, 0.5) is 0 Å². The van der Waals surface area contributed by atoms with E-state index >= 15 is 0 Å². The van der Waals surface area contributed by atoms with Crippen molar-refractivity contribution in [1.29, 1.82) is 0 Å². The summed E-state index contributed by atoms with van der Waals surface area (Å²) >= 11 is 0. The van der Waals surface area contributed by atoms with E-state index in [-0.39, 0.29) is 12.1 Å². The molecular weight excluding hydrogens is 162 g/mol. The Morgan fingerprint density at radius 1 is 1.38 bits per heavy atom. The van der Waals surface area contributed by atoms with E-state index in [9.17, 15) is 5.11 Å². The zero-order valence-electron chi connectivity index (χ0n) is 8.97. The SMILES string of the molecule is CCCCCC(C)(CO)NC1CC1. The molecule has 0 saturated heterocycles. The van der Waals surface area contributed by atoms with Crippen LogP contribution in [0.1, 0.15) is 52.4 Å². The lowest BCUT2D eigenvalue weighted by atomic mass is 9.95. The molecule has 0 aromatic carbocycles. The molecule has 2 N–H and O–H groups in total. The van der Waals surface area contributed by atoms with Crippen molar-refractivity contribution >= 4 is 0 Å². The molecule has 0 heterocycles. The number of hydrogen-bond acceptors (Lipinski definition) is 2. The second-order valence-corrected chi connectivity index (χ2v) is 4.59. The summed E-state index contributed by atoms with van der Waals surface area (Å²) < 4.78 is 0. The molecule has 0 radical (unpaired) electrons. The van der Waals surface area contributed by atoms with Crippen LogP contribution in [0, 0.1) is 0 Å². The molecule has 0 amide bonds. The van der Waals surface area contributed by atoms with Gasteiger partial charge in [0, 0.05) is 11.6 Å². The summed E-state index contributed by atoms with van der Waals surface area (Å²) in [6, 6.07) is 0.693. The van der Waals surface area contributed by atoms with Gasteiger partial charge < -0.3 is 10.4 Å². The summed E-state index contributed by atoms with van der Waals surface area (Å²) in [4.78, 5) is 0. The van der Waals surface area contributed by atoms with E-state index in [4.69, 9.17) is 0 Å². The molecule has 1 rings (SSSR count). The Balaban J connectivity index is 2.20. The number of rotatable bonds is 7. The molecule has 0 aliphatic heterocycles. The normalized spacial score (nSPS) is 21.5. The van der Waals surface area contributed by atoms with Gasteiger partial charge in [0.15, 0.2) is 0 Å². The molecule has 78 valence electrons. The zero-order valence-corrected chi connectivity index (χ0v) is 8.97. The Morgan fingerprint density at radius 3 is 2.54 bits per heavy atom. The fourth-order valence-electron chi connectivity index (χ4n) is 1.68. The lowest BCUT2D eigenvalue weighted by molar-refractivity contribution is 0.161. The van der Waals surface area contributed by atoms with E-state index in [1.54, 1.807) is 0 Å². The van der Waals surface area contributed by atoms with E-state index in [2.05, 4.69) is 19.2 Å². The van der Waals surface area contributed by atoms with Crippen molar-refractivity contribution in [2.45, 2.75) is 64.0 Å². The first kappa shape index (κ1) is 11.0. The van der Waals surface area contributed by atoms with Crippen molar-refractivity contribution < 1.29 is 5.11 Å². The molecule has 1 atom stereocenters. The topological polar surface area (TPSA) is 32.3 Å². The predicted molar refractivity (Wildman–Crippen MR) is 55.8 cm³/mol. The molecule has 0 aromatic rings. The summed E-state index contributed by atoms with van der Waals surface area (Å²) in [6.45, 7) is 4.62. The zero-order chi connectivity index (χ0) is 9.73. The molecule has 0 bridgehead atoms. The van der Waals surface area contributed by atoms with Gasteiger partial charge in [-0.05, 0) is 26.2 Å². The summed E-state index contributed by atoms with van der Waals surface area (Å²) in [7, 11) is 0. The lowest BCUT2D eigenvalue weighted by Gasteiger charge is -2.29. The van der Waals surface area contributed by atoms with Gasteiger partial charge in [-0.3, -0.25) is 0 Å². The molecule has 13 heavy (non-hydrogen) atoms. The van der Waals surface area contributed by atoms with E-state index < -0.39 is 0 Å². The van der Waals surface area contributed by atoms with Gasteiger partial charge >= 0.3 is 0 Å². The van der Waals surface area contributed by atoms with Crippen molar-refractivity contribution in [3.8, 4) is 0 Å². The number of unbranched alkanes of at least 4 members (excludes halogenated alkanes) is 2. The predicted octanol–water partition coefficient (Wildman–Crippen LogP) is 2.07. The van der Waals surface area contributed by atoms with Crippen molar-refractivity contribution in [1.82, 2.24) is 5.32 Å². The molecule has 2 heteroatoms. The average Bonchev–Trinajstić information content (AvgIpc) is 2.89. The number of aliphatic hydroxyl groups excluding tert-OH is 1. The third-order valence-corrected chi connectivity index (χ3v) is 2.81. The minimum atomic E-state index is -0.0175. The van der Waals surface area contributed by atoms with Crippen molar-refractivity contribution in [2.24, 2.45) is 0 Å². The molecule has 1 unspecified atom stereocenters. The fraction of sp³-hybridized carbons (Fsp3) is 1.00. The van der Waals surface area contributed by atoms with Crippen LogP contribution < -0.4 is 5.32 Å². The Hall–Kier alpha value is -0.0800. The van der Waals surface area contributed by atoms with Crippen LogP contribution >= 0.6 is 0 Å². The van der Waals surface area contributed by atoms with Crippen molar-refractivity contribution in [3.63, 3.8) is 0 Å². The summed E-state index contributed by atoms with van der Waals surface area (Å²) in [5.41, 5.74) is -0.0175. The van der Waals surface area contributed by atoms with Gasteiger partial charge in [-0.1, -0.05) is 26.2 Å². The first-order chi connectivity index (χ1) is 6.20. The highest BCUT2D eigenvalue weighted by atomic mass is 16.3. The van der Waals surface area contributed by atoms with Crippen LogP contribution in [0.3, 0.4) is 0 Å². The monoisotopic (exact) mass is 185 g/mol. The highest BCUT2D eigenvalue weighted by molar-refractivity contribution is 4.92. The van der Waals surface area contributed by atoms with Crippen LogP contribution in [-0.4, -0.2) is 23.3 Å². The van der Waals surface area contributed by atoms with Gasteiger partial charge in [0.25, 0.3) is 0 Å². The van der Waals surface area contributed by atoms with E-state index in [1.165, 1.54) is 32.1 Å². The summed E-state index contributed by atoms with van der Waals surface area (Å²) in [6.07, 6.45) is 7.46. The lowest BCUT2D eigenvalue weighted by Crippen LogP contribution is -2.46. The molecule has 1 saturated carbocycles. The quantitative estimate of drug-likeness (QED) is 0.595. The highest BCUT2D eigenvalue weighted by Gasteiger charge is 2.31. The van der Waals surface area contributed by atoms with Crippen LogP contribution in [0.5, 0.6) is 0 Å². The Morgan fingerprint density at radius 2 is 2.08 bits per heavy atom. The number of aliphatic hydroxyl groups is 1. The summed E-state index contributed by atoms with van der Waals surface area (Å²) in [5.74, 6) is 0. The second kappa shape index (κ2) is 4.97. The largest absolute Gasteiger partial charge is 0.394 e. The maximum absolute atomic E-state index is 9.30. The molecule has 0 aromatic heterocycles. The summed E-state index contributed by atoms with van der Waals surface area (Å²) in [5, 5.41) is 12.8. The smallest absolute Gasteiger partial charge is 0.0610 e. The van der Waals surface area contributed by atoms with Gasteiger partial charge in [-0.15, -0.1) is 0 Å². The Labute approximate surface area is 81.7 Å². The molecule has 2 nitrogen and oxygen atoms in total. The number of hydrogen-bond donors (Lipinski definition) is 2. The van der Waals surface area contributed by atoms with Crippen LogP contribution in [0.25, 0.3) is 0 Å². The van der Waals surface area contributed by atoms with Crippen molar-refractivity contribution in [2.75, 3.05) is 6.61 Å². The third-order valence-electron chi connectivity index (χ3n) is 2.81. The van der Waals surface area contributed by atoms with Crippen LogP contribution in [0.2, 0.25) is 0 Å². The minimum Gasteiger partial charge on any atom is -0.394 e. The fourth-order valence-corrected chi connectivity index (χ4v) is 1.68. The molecule has 1 aliphatic carbocycles. The maximum atomic E-state index is 9.30. The molecule has 0 spiro atoms. The van der Waals surface area contributed by atoms with Gasteiger partial charge in [0.1, 0.15) is 0 Å². The van der Waals surface area contributed by atoms with Gasteiger partial charge in [-0.25, -0.2) is 0 Å². The Kier molecular flexibility index (Phi) is 4.20. The molecule has 1 fully saturated rings. The van der Waals surface area contributed by atoms with Gasteiger partial charge in [0.2, 0.25) is 0 Å². The van der Waals surface area contributed by atoms with Gasteiger partial charge in [0.05, 0.1) is 6.61 Å². The van der Waals surface area contributed by atoms with Crippen LogP contribution in [0.15, 0.2) is 0 Å². The Bertz CT molecular complexity index is 145. The van der Waals surface area contributed by atoms with E-state index in [1.807, 2.05) is 0 Å². The first-order valence-electron chi connectivity index (χ1n) is 5.59. The van der Waals surface area contributed by atoms with Gasteiger partial charge in [-0.2, -0.15) is 0 Å². The average molecular weight is 185 g/mol. The first-order valence-corrected chi connectivity index (χ1v) is 5.59. The number of nitrogens with one attached hydrogen (secondary N) is 1. The third kappa shape index (κ3) is 4.10. The van der Waals surface area contributed by atoms with Crippen LogP contribution in [-0.2, 0) is 0 Å². The van der Waals surface area contributed by atoms with E-state index in [0.29, 0.717) is 6.04 Å². The highest BCUT2D eigenvalue weighted by Crippen LogP contribution is 2.24. The second-order valence-electron chi connectivity index (χ2n) is 4.59. The molecule has 1 aliphatic rings. The minimum absolute atomic E-state index is 0.0175. The molecular formula is C11H23NO.